The van der Waals surface area contributed by atoms with Crippen LogP contribution in [0.4, 0.5) is 0 Å². The zero-order valence-corrected chi connectivity index (χ0v) is 10.5. The lowest BCUT2D eigenvalue weighted by Gasteiger charge is -2.17. The van der Waals surface area contributed by atoms with E-state index in [4.69, 9.17) is 9.47 Å². The van der Waals surface area contributed by atoms with Crippen molar-refractivity contribution in [3.63, 3.8) is 0 Å². The van der Waals surface area contributed by atoms with E-state index < -0.39 is 0 Å². The molecule has 17 heavy (non-hydrogen) atoms. The Morgan fingerprint density at radius 3 is 2.76 bits per heavy atom. The normalized spacial score (nSPS) is 12.6. The zero-order chi connectivity index (χ0) is 12.5. The summed E-state index contributed by atoms with van der Waals surface area (Å²) in [4.78, 5) is 0. The van der Waals surface area contributed by atoms with Gasteiger partial charge in [-0.15, -0.1) is 0 Å². The zero-order valence-electron chi connectivity index (χ0n) is 10.5. The maximum atomic E-state index is 9.37. The Morgan fingerprint density at radius 1 is 1.29 bits per heavy atom. The molecule has 0 aliphatic heterocycles. The van der Waals surface area contributed by atoms with Gasteiger partial charge in [0.2, 0.25) is 0 Å². The number of methoxy groups -OCH3 is 2. The van der Waals surface area contributed by atoms with Crippen LogP contribution >= 0.6 is 0 Å². The SMILES string of the molecule is COCCNC(CO)c1cccc(COC)c1. The molecule has 0 heterocycles. The summed E-state index contributed by atoms with van der Waals surface area (Å²) in [5.74, 6) is 0. The van der Waals surface area contributed by atoms with E-state index in [-0.39, 0.29) is 12.6 Å². The van der Waals surface area contributed by atoms with E-state index in [1.807, 2.05) is 24.3 Å². The first-order chi connectivity index (χ1) is 8.31. The number of aliphatic hydroxyl groups excluding tert-OH is 1. The Kier molecular flexibility index (Phi) is 6.81. The Hall–Kier alpha value is -0.940. The number of aliphatic hydroxyl groups is 1. The molecule has 1 atom stereocenters. The second-order valence-corrected chi connectivity index (χ2v) is 3.86. The van der Waals surface area contributed by atoms with Crippen molar-refractivity contribution in [2.24, 2.45) is 0 Å². The molecule has 0 aliphatic carbocycles. The van der Waals surface area contributed by atoms with Crippen LogP contribution in [0.15, 0.2) is 24.3 Å². The molecule has 1 aromatic rings. The maximum absolute atomic E-state index is 9.37. The van der Waals surface area contributed by atoms with Crippen LogP contribution in [0.5, 0.6) is 0 Å². The van der Waals surface area contributed by atoms with Gasteiger partial charge in [-0.1, -0.05) is 24.3 Å². The third kappa shape index (κ3) is 4.83. The minimum absolute atomic E-state index is 0.0537. The number of hydrogen-bond acceptors (Lipinski definition) is 4. The third-order valence-electron chi connectivity index (χ3n) is 2.54. The summed E-state index contributed by atoms with van der Waals surface area (Å²) in [7, 11) is 3.34. The molecular formula is C13H21NO3. The quantitative estimate of drug-likeness (QED) is 0.667. The van der Waals surface area contributed by atoms with Crippen LogP contribution in [0.3, 0.4) is 0 Å². The predicted molar refractivity (Wildman–Crippen MR) is 66.9 cm³/mol. The van der Waals surface area contributed by atoms with Crippen molar-refractivity contribution in [1.29, 1.82) is 0 Å². The summed E-state index contributed by atoms with van der Waals surface area (Å²) in [6, 6.07) is 7.98. The summed E-state index contributed by atoms with van der Waals surface area (Å²) < 4.78 is 10.1. The fourth-order valence-corrected chi connectivity index (χ4v) is 1.69. The summed E-state index contributed by atoms with van der Waals surface area (Å²) in [5, 5.41) is 12.6. The minimum atomic E-state index is -0.0537. The fourth-order valence-electron chi connectivity index (χ4n) is 1.69. The van der Waals surface area contributed by atoms with Gasteiger partial charge in [0.1, 0.15) is 0 Å². The number of hydrogen-bond donors (Lipinski definition) is 2. The fraction of sp³-hybridized carbons (Fsp3) is 0.538. The van der Waals surface area contributed by atoms with Gasteiger partial charge in [0.15, 0.2) is 0 Å². The van der Waals surface area contributed by atoms with Gasteiger partial charge in [0, 0.05) is 20.8 Å². The Morgan fingerprint density at radius 2 is 2.12 bits per heavy atom. The summed E-state index contributed by atoms with van der Waals surface area (Å²) >= 11 is 0. The van der Waals surface area contributed by atoms with Gasteiger partial charge in [0.05, 0.1) is 25.9 Å². The molecule has 0 radical (unpaired) electrons. The lowest BCUT2D eigenvalue weighted by Crippen LogP contribution is -2.27. The molecule has 1 rings (SSSR count). The third-order valence-corrected chi connectivity index (χ3v) is 2.54. The van der Waals surface area contributed by atoms with Crippen LogP contribution in [0.2, 0.25) is 0 Å². The highest BCUT2D eigenvalue weighted by atomic mass is 16.5. The summed E-state index contributed by atoms with van der Waals surface area (Å²) in [6.07, 6.45) is 0. The largest absolute Gasteiger partial charge is 0.394 e. The molecule has 0 spiro atoms. The van der Waals surface area contributed by atoms with E-state index in [0.717, 1.165) is 17.7 Å². The molecule has 4 nitrogen and oxygen atoms in total. The van der Waals surface area contributed by atoms with Crippen molar-refractivity contribution >= 4 is 0 Å². The average Bonchev–Trinajstić information content (AvgIpc) is 2.35. The van der Waals surface area contributed by atoms with Crippen molar-refractivity contribution in [1.82, 2.24) is 5.32 Å². The molecule has 1 aromatic carbocycles. The van der Waals surface area contributed by atoms with E-state index in [2.05, 4.69) is 5.32 Å². The molecular weight excluding hydrogens is 218 g/mol. The van der Waals surface area contributed by atoms with Crippen LogP contribution in [-0.4, -0.2) is 39.1 Å². The highest BCUT2D eigenvalue weighted by Gasteiger charge is 2.09. The first kappa shape index (κ1) is 14.1. The second-order valence-electron chi connectivity index (χ2n) is 3.86. The van der Waals surface area contributed by atoms with E-state index in [0.29, 0.717) is 13.2 Å². The van der Waals surface area contributed by atoms with Gasteiger partial charge in [-0.05, 0) is 11.1 Å². The van der Waals surface area contributed by atoms with Gasteiger partial charge in [-0.3, -0.25) is 0 Å². The van der Waals surface area contributed by atoms with E-state index >= 15 is 0 Å². The molecule has 0 aromatic heterocycles. The van der Waals surface area contributed by atoms with Crippen LogP contribution in [0, 0.1) is 0 Å². The number of rotatable bonds is 8. The highest BCUT2D eigenvalue weighted by Crippen LogP contribution is 2.14. The molecule has 1 unspecified atom stereocenters. The molecule has 0 aliphatic rings. The van der Waals surface area contributed by atoms with Crippen molar-refractivity contribution in [2.75, 3.05) is 34.0 Å². The van der Waals surface area contributed by atoms with E-state index in [1.54, 1.807) is 14.2 Å². The molecule has 4 heteroatoms. The highest BCUT2D eigenvalue weighted by molar-refractivity contribution is 5.25. The van der Waals surface area contributed by atoms with E-state index in [1.165, 1.54) is 0 Å². The molecule has 0 saturated heterocycles. The van der Waals surface area contributed by atoms with Crippen molar-refractivity contribution in [3.05, 3.63) is 35.4 Å². The number of benzene rings is 1. The average molecular weight is 239 g/mol. The van der Waals surface area contributed by atoms with Gasteiger partial charge in [-0.25, -0.2) is 0 Å². The summed E-state index contributed by atoms with van der Waals surface area (Å²) in [6.45, 7) is 2.01. The molecule has 0 saturated carbocycles. The minimum Gasteiger partial charge on any atom is -0.394 e. The van der Waals surface area contributed by atoms with Crippen molar-refractivity contribution in [3.8, 4) is 0 Å². The lowest BCUT2D eigenvalue weighted by molar-refractivity contribution is 0.182. The number of ether oxygens (including phenoxy) is 2. The summed E-state index contributed by atoms with van der Waals surface area (Å²) in [5.41, 5.74) is 2.18. The van der Waals surface area contributed by atoms with Crippen LogP contribution < -0.4 is 5.32 Å². The van der Waals surface area contributed by atoms with Crippen molar-refractivity contribution in [2.45, 2.75) is 12.6 Å². The first-order valence-corrected chi connectivity index (χ1v) is 5.72. The lowest BCUT2D eigenvalue weighted by atomic mass is 10.0. The van der Waals surface area contributed by atoms with Gasteiger partial charge >= 0.3 is 0 Å². The first-order valence-electron chi connectivity index (χ1n) is 5.72. The van der Waals surface area contributed by atoms with Crippen LogP contribution in [0.1, 0.15) is 17.2 Å². The van der Waals surface area contributed by atoms with Gasteiger partial charge in [-0.2, -0.15) is 0 Å². The van der Waals surface area contributed by atoms with Gasteiger partial charge in [0.25, 0.3) is 0 Å². The molecule has 0 fully saturated rings. The Labute approximate surface area is 103 Å². The standard InChI is InChI=1S/C13H21NO3/c1-16-7-6-14-13(9-15)12-5-3-4-11(8-12)10-17-2/h3-5,8,13-15H,6-7,9-10H2,1-2H3. The Bertz CT molecular complexity index is 317. The molecule has 2 N–H and O–H groups in total. The van der Waals surface area contributed by atoms with Crippen LogP contribution in [-0.2, 0) is 16.1 Å². The molecule has 96 valence electrons. The molecule has 0 amide bonds. The monoisotopic (exact) mass is 239 g/mol. The smallest absolute Gasteiger partial charge is 0.0713 e. The van der Waals surface area contributed by atoms with Crippen LogP contribution in [0.25, 0.3) is 0 Å². The molecule has 0 bridgehead atoms. The predicted octanol–water partition coefficient (Wildman–Crippen LogP) is 1.10. The maximum Gasteiger partial charge on any atom is 0.0713 e. The number of nitrogens with one attached hydrogen (secondary N) is 1. The van der Waals surface area contributed by atoms with E-state index in [9.17, 15) is 5.11 Å². The Balaban J connectivity index is 2.63. The van der Waals surface area contributed by atoms with Gasteiger partial charge < -0.3 is 19.9 Å². The topological polar surface area (TPSA) is 50.7 Å². The van der Waals surface area contributed by atoms with Crippen molar-refractivity contribution < 1.29 is 14.6 Å². The second kappa shape index (κ2) is 8.20.